The van der Waals surface area contributed by atoms with Gasteiger partial charge in [0, 0.05) is 31.3 Å². The van der Waals surface area contributed by atoms with Crippen molar-refractivity contribution in [1.82, 2.24) is 14.1 Å². The Morgan fingerprint density at radius 3 is 2.24 bits per heavy atom. The van der Waals surface area contributed by atoms with Crippen LogP contribution in [0.15, 0.2) is 53.6 Å². The van der Waals surface area contributed by atoms with Crippen LogP contribution < -0.4 is 5.32 Å². The molecule has 7 nitrogen and oxygen atoms in total. The minimum Gasteiger partial charge on any atom is -0.309 e. The van der Waals surface area contributed by atoms with Gasteiger partial charge in [0.25, 0.3) is 0 Å². The number of hydrogen-bond donors (Lipinski definition) is 1. The van der Waals surface area contributed by atoms with Crippen LogP contribution in [0.4, 0.5) is 5.82 Å². The zero-order valence-electron chi connectivity index (χ0n) is 20.2. The van der Waals surface area contributed by atoms with E-state index in [0.717, 1.165) is 27.8 Å². The van der Waals surface area contributed by atoms with Gasteiger partial charge in [-0.2, -0.15) is 9.40 Å². The fourth-order valence-electron chi connectivity index (χ4n) is 4.57. The van der Waals surface area contributed by atoms with Gasteiger partial charge in [0.15, 0.2) is 5.82 Å². The van der Waals surface area contributed by atoms with E-state index in [-0.39, 0.29) is 11.8 Å². The van der Waals surface area contributed by atoms with Gasteiger partial charge in [0.2, 0.25) is 15.9 Å². The van der Waals surface area contributed by atoms with Gasteiger partial charge < -0.3 is 5.32 Å². The first kappa shape index (κ1) is 24.2. The number of hydrogen-bond acceptors (Lipinski definition) is 4. The van der Waals surface area contributed by atoms with Crippen LogP contribution in [0, 0.1) is 33.6 Å². The molecule has 3 aromatic rings. The summed E-state index contributed by atoms with van der Waals surface area (Å²) in [6.45, 7) is 8.91. The van der Waals surface area contributed by atoms with Crippen molar-refractivity contribution in [3.8, 4) is 0 Å². The van der Waals surface area contributed by atoms with Crippen LogP contribution >= 0.6 is 0 Å². The van der Waals surface area contributed by atoms with E-state index in [2.05, 4.69) is 10.4 Å². The molecule has 180 valence electrons. The molecule has 2 aromatic carbocycles. The van der Waals surface area contributed by atoms with Crippen molar-refractivity contribution in [3.63, 3.8) is 0 Å². The highest BCUT2D eigenvalue weighted by atomic mass is 32.2. The van der Waals surface area contributed by atoms with E-state index in [1.165, 1.54) is 4.31 Å². The minimum atomic E-state index is -3.62. The van der Waals surface area contributed by atoms with Crippen LogP contribution in [-0.4, -0.2) is 41.5 Å². The minimum absolute atomic E-state index is 0.110. The third-order valence-corrected chi connectivity index (χ3v) is 8.97. The predicted molar refractivity (Wildman–Crippen MR) is 133 cm³/mol. The smallest absolute Gasteiger partial charge is 0.243 e. The van der Waals surface area contributed by atoms with Gasteiger partial charge in [-0.25, -0.2) is 8.42 Å². The molecule has 1 aliphatic rings. The maximum atomic E-state index is 13.5. The molecule has 0 bridgehead atoms. The van der Waals surface area contributed by atoms with Gasteiger partial charge in [0.1, 0.15) is 0 Å². The number of nitrogens with zero attached hydrogens (tertiary/aromatic N) is 3. The van der Waals surface area contributed by atoms with Gasteiger partial charge in [-0.3, -0.25) is 9.48 Å². The first-order valence-corrected chi connectivity index (χ1v) is 13.1. The number of nitrogens with one attached hydrogen (secondary N) is 1. The van der Waals surface area contributed by atoms with Crippen molar-refractivity contribution in [2.45, 2.75) is 52.0 Å². The molecule has 1 amide bonds. The van der Waals surface area contributed by atoms with Crippen LogP contribution in [0.3, 0.4) is 0 Å². The molecule has 1 fully saturated rings. The van der Waals surface area contributed by atoms with Gasteiger partial charge in [-0.15, -0.1) is 0 Å². The Labute approximate surface area is 201 Å². The molecule has 34 heavy (non-hydrogen) atoms. The number of anilines is 1. The van der Waals surface area contributed by atoms with Crippen LogP contribution in [0.2, 0.25) is 0 Å². The molecule has 2 heterocycles. The molecule has 1 aliphatic heterocycles. The SMILES string of the molecule is Cc1cc(C)c(C)c(S(=O)(=O)N2CCC(C(=O)Nc3ccn(Cc4ccccc4)n3)CC2)c1C. The predicted octanol–water partition coefficient (Wildman–Crippen LogP) is 4.20. The van der Waals surface area contributed by atoms with Crippen molar-refractivity contribution in [2.24, 2.45) is 5.92 Å². The molecule has 0 saturated carbocycles. The van der Waals surface area contributed by atoms with E-state index in [1.54, 1.807) is 10.7 Å². The lowest BCUT2D eigenvalue weighted by atomic mass is 9.97. The zero-order chi connectivity index (χ0) is 24.5. The third-order valence-electron chi connectivity index (χ3n) is 6.80. The van der Waals surface area contributed by atoms with Gasteiger partial charge in [-0.1, -0.05) is 36.4 Å². The quantitative estimate of drug-likeness (QED) is 0.573. The second-order valence-electron chi connectivity index (χ2n) is 9.14. The number of piperidine rings is 1. The Kier molecular flexibility index (Phi) is 6.91. The van der Waals surface area contributed by atoms with E-state index in [4.69, 9.17) is 0 Å². The average Bonchev–Trinajstić information content (AvgIpc) is 3.25. The summed E-state index contributed by atoms with van der Waals surface area (Å²) in [5, 5.41) is 7.35. The molecule has 0 unspecified atom stereocenters. The van der Waals surface area contributed by atoms with Crippen molar-refractivity contribution >= 4 is 21.7 Å². The molecule has 4 rings (SSSR count). The Bertz CT molecular complexity index is 1260. The normalized spacial score (nSPS) is 15.4. The largest absolute Gasteiger partial charge is 0.309 e. The van der Waals surface area contributed by atoms with Gasteiger partial charge in [0.05, 0.1) is 11.4 Å². The first-order chi connectivity index (χ1) is 16.2. The fourth-order valence-corrected chi connectivity index (χ4v) is 6.62. The molecule has 8 heteroatoms. The summed E-state index contributed by atoms with van der Waals surface area (Å²) in [7, 11) is -3.62. The molecule has 0 aliphatic carbocycles. The second kappa shape index (κ2) is 9.72. The molecular weight excluding hydrogens is 448 g/mol. The molecule has 0 radical (unpaired) electrons. The highest BCUT2D eigenvalue weighted by Gasteiger charge is 2.34. The maximum Gasteiger partial charge on any atom is 0.243 e. The molecule has 0 spiro atoms. The summed E-state index contributed by atoms with van der Waals surface area (Å²) >= 11 is 0. The first-order valence-electron chi connectivity index (χ1n) is 11.6. The van der Waals surface area contributed by atoms with Crippen LogP contribution in [-0.2, 0) is 21.4 Å². The number of sulfonamides is 1. The number of aryl methyl sites for hydroxylation is 2. The van der Waals surface area contributed by atoms with Crippen molar-refractivity contribution in [1.29, 1.82) is 0 Å². The topological polar surface area (TPSA) is 84.3 Å². The van der Waals surface area contributed by atoms with E-state index in [9.17, 15) is 13.2 Å². The molecule has 1 saturated heterocycles. The van der Waals surface area contributed by atoms with Crippen molar-refractivity contribution in [2.75, 3.05) is 18.4 Å². The number of carbonyl (C=O) groups is 1. The standard InChI is InChI=1S/C26H32N4O3S/c1-18-16-19(2)21(4)25(20(18)3)34(32,33)30-14-10-23(11-15-30)26(31)27-24-12-13-29(28-24)17-22-8-6-5-7-9-22/h5-9,12-13,16,23H,10-11,14-15,17H2,1-4H3,(H,27,28,31). The lowest BCUT2D eigenvalue weighted by molar-refractivity contribution is -0.120. The van der Waals surface area contributed by atoms with E-state index >= 15 is 0 Å². The summed E-state index contributed by atoms with van der Waals surface area (Å²) in [6.07, 6.45) is 2.81. The van der Waals surface area contributed by atoms with E-state index in [1.807, 2.05) is 70.3 Å². The monoisotopic (exact) mass is 480 g/mol. The number of amides is 1. The molecule has 1 N–H and O–H groups in total. The highest BCUT2D eigenvalue weighted by Crippen LogP contribution is 2.31. The average molecular weight is 481 g/mol. The summed E-state index contributed by atoms with van der Waals surface area (Å²) in [6, 6.07) is 13.8. The summed E-state index contributed by atoms with van der Waals surface area (Å²) in [5.74, 6) is 0.158. The second-order valence-corrected chi connectivity index (χ2v) is 11.0. The van der Waals surface area contributed by atoms with Crippen LogP contribution in [0.25, 0.3) is 0 Å². The lowest BCUT2D eigenvalue weighted by Gasteiger charge is -2.31. The molecule has 0 atom stereocenters. The Hall–Kier alpha value is -2.97. The van der Waals surface area contributed by atoms with E-state index < -0.39 is 10.0 Å². The number of benzene rings is 2. The summed E-state index contributed by atoms with van der Waals surface area (Å²) < 4.78 is 30.2. The Morgan fingerprint density at radius 1 is 1.00 bits per heavy atom. The van der Waals surface area contributed by atoms with E-state index in [0.29, 0.717) is 43.2 Å². The van der Waals surface area contributed by atoms with Crippen LogP contribution in [0.1, 0.15) is 40.7 Å². The maximum absolute atomic E-state index is 13.5. The number of aromatic nitrogens is 2. The fraction of sp³-hybridized carbons (Fsp3) is 0.385. The van der Waals surface area contributed by atoms with Crippen LogP contribution in [0.5, 0.6) is 0 Å². The molecule has 1 aromatic heterocycles. The summed E-state index contributed by atoms with van der Waals surface area (Å²) in [4.78, 5) is 13.2. The summed E-state index contributed by atoms with van der Waals surface area (Å²) in [5.41, 5.74) is 4.68. The van der Waals surface area contributed by atoms with Crippen molar-refractivity contribution < 1.29 is 13.2 Å². The zero-order valence-corrected chi connectivity index (χ0v) is 21.0. The Morgan fingerprint density at radius 2 is 1.62 bits per heavy atom. The van der Waals surface area contributed by atoms with Crippen molar-refractivity contribution in [3.05, 3.63) is 76.5 Å². The Balaban J connectivity index is 1.38. The third kappa shape index (κ3) is 4.93. The lowest BCUT2D eigenvalue weighted by Crippen LogP contribution is -2.42. The van der Waals surface area contributed by atoms with Gasteiger partial charge in [-0.05, 0) is 68.4 Å². The number of rotatable bonds is 6. The highest BCUT2D eigenvalue weighted by molar-refractivity contribution is 7.89. The number of carbonyl (C=O) groups excluding carboxylic acids is 1. The van der Waals surface area contributed by atoms with Gasteiger partial charge >= 0.3 is 0 Å². The molecular formula is C26H32N4O3S.